The highest BCUT2D eigenvalue weighted by atomic mass is 32.2. The van der Waals surface area contributed by atoms with Gasteiger partial charge in [-0.05, 0) is 19.8 Å². The molecule has 0 spiro atoms. The van der Waals surface area contributed by atoms with Gasteiger partial charge in [-0.2, -0.15) is 0 Å². The van der Waals surface area contributed by atoms with Crippen molar-refractivity contribution >= 4 is 21.8 Å². The number of carboxylic acids is 1. The van der Waals surface area contributed by atoms with E-state index in [1.807, 2.05) is 6.92 Å². The molecule has 0 aliphatic carbocycles. The molecule has 0 aromatic heterocycles. The maximum Gasteiger partial charge on any atom is 0.326 e. The first-order valence-corrected chi connectivity index (χ1v) is 8.28. The van der Waals surface area contributed by atoms with E-state index in [2.05, 4.69) is 10.6 Å². The Kier molecular flexibility index (Phi) is 6.46. The highest BCUT2D eigenvalue weighted by Gasteiger charge is 2.31. The molecule has 2 amide bonds. The summed E-state index contributed by atoms with van der Waals surface area (Å²) < 4.78 is 21.9. The van der Waals surface area contributed by atoms with Gasteiger partial charge in [0.2, 0.25) is 0 Å². The monoisotopic (exact) mass is 308 g/mol. The summed E-state index contributed by atoms with van der Waals surface area (Å²) in [5, 5.41) is 13.8. The van der Waals surface area contributed by atoms with E-state index in [1.54, 1.807) is 6.92 Å². The van der Waals surface area contributed by atoms with Crippen molar-refractivity contribution in [2.45, 2.75) is 44.9 Å². The largest absolute Gasteiger partial charge is 0.480 e. The van der Waals surface area contributed by atoms with Crippen molar-refractivity contribution in [1.29, 1.82) is 0 Å². The number of carboxylic acid groups (broad SMARTS) is 1. The molecule has 3 N–H and O–H groups in total. The van der Waals surface area contributed by atoms with Crippen molar-refractivity contribution in [3.8, 4) is 0 Å². The Hall–Kier alpha value is -1.31. The molecular weight excluding hydrogens is 284 g/mol. The second-order valence-corrected chi connectivity index (χ2v) is 8.21. The minimum absolute atomic E-state index is 0.0927. The van der Waals surface area contributed by atoms with E-state index in [0.29, 0.717) is 6.42 Å². The molecule has 0 aromatic rings. The Morgan fingerprint density at radius 3 is 2.15 bits per heavy atom. The maximum atomic E-state index is 11.7. The molecule has 0 aromatic carbocycles. The second kappa shape index (κ2) is 6.92. The van der Waals surface area contributed by atoms with Gasteiger partial charge in [0.1, 0.15) is 6.04 Å². The van der Waals surface area contributed by atoms with Gasteiger partial charge in [-0.3, -0.25) is 0 Å². The van der Waals surface area contributed by atoms with Crippen LogP contribution in [0.1, 0.15) is 34.1 Å². The van der Waals surface area contributed by atoms with Crippen LogP contribution in [-0.2, 0) is 14.6 Å². The molecule has 0 unspecified atom stereocenters. The van der Waals surface area contributed by atoms with Gasteiger partial charge >= 0.3 is 12.0 Å². The molecule has 0 saturated carbocycles. The first-order valence-electron chi connectivity index (χ1n) is 6.39. The van der Waals surface area contributed by atoms with Crippen molar-refractivity contribution < 1.29 is 23.1 Å². The Balaban J connectivity index is 4.61. The number of hydrogen-bond acceptors (Lipinski definition) is 4. The molecule has 118 valence electrons. The average Bonchev–Trinajstić information content (AvgIpc) is 2.30. The van der Waals surface area contributed by atoms with Crippen molar-refractivity contribution in [3.05, 3.63) is 0 Å². The molecule has 0 heterocycles. The van der Waals surface area contributed by atoms with E-state index in [0.717, 1.165) is 6.26 Å². The van der Waals surface area contributed by atoms with Crippen LogP contribution >= 0.6 is 0 Å². The van der Waals surface area contributed by atoms with Gasteiger partial charge in [0, 0.05) is 12.8 Å². The van der Waals surface area contributed by atoms with Crippen LogP contribution in [0.3, 0.4) is 0 Å². The summed E-state index contributed by atoms with van der Waals surface area (Å²) in [5.41, 5.74) is 0. The minimum atomic E-state index is -3.32. The van der Waals surface area contributed by atoms with Gasteiger partial charge in [-0.25, -0.2) is 18.0 Å². The molecule has 8 heteroatoms. The number of aliphatic carboxylic acids is 1. The molecular formula is C12H24N2O5S. The van der Waals surface area contributed by atoms with E-state index in [1.165, 1.54) is 13.8 Å². The SMILES string of the molecule is CC[C@H](C)[C@H](NC(=O)NCC(C)(C)S(C)(=O)=O)C(=O)O. The third-order valence-corrected chi connectivity index (χ3v) is 5.60. The second-order valence-electron chi connectivity index (χ2n) is 5.56. The lowest BCUT2D eigenvalue weighted by Gasteiger charge is -2.24. The predicted molar refractivity (Wildman–Crippen MR) is 76.3 cm³/mol. The van der Waals surface area contributed by atoms with Gasteiger partial charge in [0.25, 0.3) is 0 Å². The standard InChI is InChI=1S/C12H24N2O5S/c1-6-8(2)9(10(15)16)14-11(17)13-7-12(3,4)20(5,18)19/h8-9H,6-7H2,1-5H3,(H,15,16)(H2,13,14,17)/t8-,9-/m0/s1. The molecule has 2 atom stereocenters. The number of hydrogen-bond donors (Lipinski definition) is 3. The molecule has 0 saturated heterocycles. The van der Waals surface area contributed by atoms with Crippen LogP contribution < -0.4 is 10.6 Å². The van der Waals surface area contributed by atoms with Crippen LogP contribution in [0, 0.1) is 5.92 Å². The van der Waals surface area contributed by atoms with Crippen LogP contribution in [0.25, 0.3) is 0 Å². The lowest BCUT2D eigenvalue weighted by molar-refractivity contribution is -0.140. The average molecular weight is 308 g/mol. The van der Waals surface area contributed by atoms with Crippen molar-refractivity contribution in [3.63, 3.8) is 0 Å². The predicted octanol–water partition coefficient (Wildman–Crippen LogP) is 0.608. The summed E-state index contributed by atoms with van der Waals surface area (Å²) in [6.07, 6.45) is 1.69. The van der Waals surface area contributed by atoms with Crippen molar-refractivity contribution in [2.75, 3.05) is 12.8 Å². The summed E-state index contributed by atoms with van der Waals surface area (Å²) >= 11 is 0. The van der Waals surface area contributed by atoms with E-state index < -0.39 is 32.6 Å². The summed E-state index contributed by atoms with van der Waals surface area (Å²) in [5.74, 6) is -1.34. The molecule has 0 radical (unpaired) electrons. The number of urea groups is 1. The van der Waals surface area contributed by atoms with Crippen molar-refractivity contribution in [1.82, 2.24) is 10.6 Å². The zero-order valence-electron chi connectivity index (χ0n) is 12.6. The summed E-state index contributed by atoms with van der Waals surface area (Å²) in [6.45, 7) is 6.44. The van der Waals surface area contributed by atoms with Crippen LogP contribution in [-0.4, -0.2) is 49.1 Å². The zero-order valence-corrected chi connectivity index (χ0v) is 13.4. The minimum Gasteiger partial charge on any atom is -0.480 e. The zero-order chi connectivity index (χ0) is 16.1. The van der Waals surface area contributed by atoms with Crippen LogP contribution in [0.2, 0.25) is 0 Å². The smallest absolute Gasteiger partial charge is 0.326 e. The Labute approximate surface area is 120 Å². The number of amides is 2. The molecule has 0 aliphatic heterocycles. The van der Waals surface area contributed by atoms with Crippen molar-refractivity contribution in [2.24, 2.45) is 5.92 Å². The summed E-state index contributed by atoms with van der Waals surface area (Å²) in [4.78, 5) is 22.7. The Bertz CT molecular complexity index is 458. The molecule has 0 fully saturated rings. The molecule has 0 aliphatic rings. The molecule has 7 nitrogen and oxygen atoms in total. The van der Waals surface area contributed by atoms with Gasteiger partial charge in [0.15, 0.2) is 9.84 Å². The first-order chi connectivity index (χ1) is 8.92. The van der Waals surface area contributed by atoms with E-state index >= 15 is 0 Å². The third-order valence-electron chi connectivity index (χ3n) is 3.44. The lowest BCUT2D eigenvalue weighted by atomic mass is 9.99. The Morgan fingerprint density at radius 2 is 1.80 bits per heavy atom. The van der Waals surface area contributed by atoms with E-state index in [4.69, 9.17) is 5.11 Å². The normalized spacial score (nSPS) is 15.2. The van der Waals surface area contributed by atoms with Crippen LogP contribution in [0.4, 0.5) is 4.79 Å². The van der Waals surface area contributed by atoms with Gasteiger partial charge < -0.3 is 15.7 Å². The maximum absolute atomic E-state index is 11.7. The third kappa shape index (κ3) is 5.36. The fourth-order valence-corrected chi connectivity index (χ4v) is 1.63. The fourth-order valence-electron chi connectivity index (χ4n) is 1.30. The summed E-state index contributed by atoms with van der Waals surface area (Å²) in [6, 6.07) is -1.68. The number of nitrogens with one attached hydrogen (secondary N) is 2. The number of carbonyl (C=O) groups is 2. The van der Waals surface area contributed by atoms with Gasteiger partial charge in [0.05, 0.1) is 4.75 Å². The fraction of sp³-hybridized carbons (Fsp3) is 0.833. The molecule has 0 bridgehead atoms. The number of carbonyl (C=O) groups excluding carboxylic acids is 1. The quantitative estimate of drug-likeness (QED) is 0.638. The lowest BCUT2D eigenvalue weighted by Crippen LogP contribution is -2.52. The first kappa shape index (κ1) is 18.7. The summed E-state index contributed by atoms with van der Waals surface area (Å²) in [7, 11) is -3.32. The molecule has 20 heavy (non-hydrogen) atoms. The molecule has 0 rings (SSSR count). The topological polar surface area (TPSA) is 113 Å². The van der Waals surface area contributed by atoms with E-state index in [9.17, 15) is 18.0 Å². The number of sulfone groups is 1. The number of rotatable bonds is 7. The van der Waals surface area contributed by atoms with E-state index in [-0.39, 0.29) is 12.5 Å². The van der Waals surface area contributed by atoms with Gasteiger partial charge in [-0.1, -0.05) is 20.3 Å². The van der Waals surface area contributed by atoms with Crippen LogP contribution in [0.15, 0.2) is 0 Å². The Morgan fingerprint density at radius 1 is 1.30 bits per heavy atom. The highest BCUT2D eigenvalue weighted by molar-refractivity contribution is 7.92. The van der Waals surface area contributed by atoms with Gasteiger partial charge in [-0.15, -0.1) is 0 Å². The van der Waals surface area contributed by atoms with Crippen LogP contribution in [0.5, 0.6) is 0 Å². The highest BCUT2D eigenvalue weighted by Crippen LogP contribution is 2.13.